The Morgan fingerprint density at radius 2 is 1.60 bits per heavy atom. The number of rotatable bonds is 17. The number of aromatic nitrogens is 3. The number of fused-ring (bicyclic) bond motifs is 1. The summed E-state index contributed by atoms with van der Waals surface area (Å²) in [6.45, 7) is 13.3. The molecule has 0 radical (unpaired) electrons. The molecule has 0 spiro atoms. The number of likely N-dealkylation sites (tertiary alicyclic amines) is 1. The summed E-state index contributed by atoms with van der Waals surface area (Å²) in [4.78, 5) is 77.4. The summed E-state index contributed by atoms with van der Waals surface area (Å²) in [5.41, 5.74) is 5.04. The molecule has 3 aromatic carbocycles. The number of piperazine rings is 1. The van der Waals surface area contributed by atoms with Crippen LogP contribution in [0.5, 0.6) is 0 Å². The molecule has 4 aliphatic heterocycles. The maximum atomic E-state index is 16.1. The summed E-state index contributed by atoms with van der Waals surface area (Å²) in [5.74, 6) is -4.29. The van der Waals surface area contributed by atoms with E-state index < -0.39 is 80.5 Å². The van der Waals surface area contributed by atoms with Crippen molar-refractivity contribution in [2.45, 2.75) is 84.3 Å². The minimum absolute atomic E-state index is 0.000490. The van der Waals surface area contributed by atoms with Gasteiger partial charge in [0.25, 0.3) is 5.91 Å². The first-order valence-corrected chi connectivity index (χ1v) is 30.1. The molecule has 0 bridgehead atoms. The van der Waals surface area contributed by atoms with Crippen molar-refractivity contribution in [3.05, 3.63) is 119 Å². The molecular formula is C59H70F3N11O7S2. The van der Waals surface area contributed by atoms with Gasteiger partial charge in [-0.2, -0.15) is 12.7 Å². The molecule has 0 aliphatic carbocycles. The number of halogens is 3. The molecule has 4 N–H and O–H groups in total. The summed E-state index contributed by atoms with van der Waals surface area (Å²) in [6, 6.07) is 17.5. The average molecular weight is 1170 g/mol. The maximum absolute atomic E-state index is 16.1. The molecular weight excluding hydrogens is 1100 g/mol. The number of aromatic amines is 1. The zero-order valence-corrected chi connectivity index (χ0v) is 48.3. The first-order chi connectivity index (χ1) is 39.1. The second-order valence-electron chi connectivity index (χ2n) is 23.1. The highest BCUT2D eigenvalue weighted by molar-refractivity contribution is 7.90. The van der Waals surface area contributed by atoms with E-state index >= 15 is 8.78 Å². The summed E-state index contributed by atoms with van der Waals surface area (Å²) >= 11 is 1.54. The molecule has 7 heterocycles. The largest absolute Gasteiger partial charge is 0.392 e. The molecule has 18 nitrogen and oxygen atoms in total. The fourth-order valence-electron chi connectivity index (χ4n) is 11.5. The third-order valence-corrected chi connectivity index (χ3v) is 19.2. The quantitative estimate of drug-likeness (QED) is 0.0717. The molecule has 6 aromatic rings. The topological polar surface area (TPSA) is 208 Å². The molecule has 10 rings (SSSR count). The molecule has 436 valence electrons. The summed E-state index contributed by atoms with van der Waals surface area (Å²) in [5, 5.41) is 16.7. The fraction of sp³-hybridized carbons (Fsp3) is 0.458. The van der Waals surface area contributed by atoms with Crippen LogP contribution in [0.25, 0.3) is 32.6 Å². The number of hydrogen-bond donors (Lipinski definition) is 4. The summed E-state index contributed by atoms with van der Waals surface area (Å²) in [7, 11) is -3.29. The van der Waals surface area contributed by atoms with Crippen molar-refractivity contribution in [3.63, 3.8) is 0 Å². The van der Waals surface area contributed by atoms with E-state index in [1.807, 2.05) is 76.2 Å². The van der Waals surface area contributed by atoms with Crippen LogP contribution in [0.1, 0.15) is 73.6 Å². The summed E-state index contributed by atoms with van der Waals surface area (Å²) < 4.78 is 73.3. The number of anilines is 2. The molecule has 0 saturated carbocycles. The lowest BCUT2D eigenvalue weighted by Gasteiger charge is -2.39. The van der Waals surface area contributed by atoms with Gasteiger partial charge in [0.1, 0.15) is 23.7 Å². The highest BCUT2D eigenvalue weighted by Crippen LogP contribution is 2.34. The highest BCUT2D eigenvalue weighted by atomic mass is 32.2. The van der Waals surface area contributed by atoms with Gasteiger partial charge in [0, 0.05) is 94.0 Å². The van der Waals surface area contributed by atoms with Crippen LogP contribution in [-0.4, -0.2) is 174 Å². The molecule has 4 saturated heterocycles. The smallest absolute Gasteiger partial charge is 0.304 e. The number of piperidine rings is 1. The number of β-amino-alcohol motifs (C(OH)–C–C–N with tert-alkyl or cyclic N) is 1. The zero-order valence-electron chi connectivity index (χ0n) is 46.7. The number of imide groups is 1. The molecule has 4 fully saturated rings. The fourth-order valence-corrected chi connectivity index (χ4v) is 13.7. The third-order valence-electron chi connectivity index (χ3n) is 16.4. The van der Waals surface area contributed by atoms with Gasteiger partial charge in [-0.05, 0) is 104 Å². The minimum Gasteiger partial charge on any atom is -0.392 e. The number of H-pyrrole nitrogens is 1. The highest BCUT2D eigenvalue weighted by Gasteiger charge is 2.42. The first-order valence-electron chi connectivity index (χ1n) is 27.9. The van der Waals surface area contributed by atoms with Gasteiger partial charge in [-0.3, -0.25) is 38.2 Å². The Hall–Kier alpha value is -6.60. The van der Waals surface area contributed by atoms with Crippen LogP contribution in [0.2, 0.25) is 0 Å². The van der Waals surface area contributed by atoms with Crippen LogP contribution >= 0.6 is 11.3 Å². The van der Waals surface area contributed by atoms with Gasteiger partial charge in [-0.1, -0.05) is 57.2 Å². The number of carbonyl (C=O) groups excluding carboxylic acids is 4. The monoisotopic (exact) mass is 1170 g/mol. The number of benzene rings is 3. The molecule has 3 amide bonds. The van der Waals surface area contributed by atoms with E-state index in [0.717, 1.165) is 115 Å². The van der Waals surface area contributed by atoms with Crippen LogP contribution in [0, 0.1) is 29.9 Å². The molecule has 3 aromatic heterocycles. The predicted molar refractivity (Wildman–Crippen MR) is 309 cm³/mol. The number of aryl methyl sites for hydroxylation is 1. The first kappa shape index (κ1) is 58.6. The lowest BCUT2D eigenvalue weighted by atomic mass is 9.85. The van der Waals surface area contributed by atoms with Gasteiger partial charge in [0.05, 0.1) is 52.6 Å². The Morgan fingerprint density at radius 1 is 0.890 bits per heavy atom. The number of aliphatic hydroxyl groups excluding tert-OH is 1. The predicted octanol–water partition coefficient (Wildman–Crippen LogP) is 6.54. The van der Waals surface area contributed by atoms with Gasteiger partial charge < -0.3 is 25.6 Å². The van der Waals surface area contributed by atoms with Crippen LogP contribution in [0.3, 0.4) is 0 Å². The lowest BCUT2D eigenvalue weighted by molar-refractivity contribution is -0.151. The molecule has 4 aliphatic rings. The molecule has 1 unspecified atom stereocenters. The number of alkyl halides is 1. The number of carbonyl (C=O) groups is 4. The van der Waals surface area contributed by atoms with E-state index in [1.165, 1.54) is 11.1 Å². The van der Waals surface area contributed by atoms with Crippen molar-refractivity contribution >= 4 is 67.5 Å². The van der Waals surface area contributed by atoms with E-state index in [1.54, 1.807) is 29.1 Å². The Labute approximate surface area is 479 Å². The standard InChI is InChI=1S/C59H70F3N11O7S2/c1-36-54(81-35-66-36)40-8-6-37(7-9-40)32-73(57(77)48-27-44(74)29-63-48)58(78)55(59(2,3)4)67-50(75)34-69-19-16-38(17-20-69)31-70-22-24-71(25-23-70)43-12-10-39(11-13-43)41-26-45-46(30-65-56(45)64-28-41)53(76)51-47(61)14-15-49(52(51)62)68(5)82(79,80)72-21-18-42(60)33-72/h6-15,26,28,30,35,38,42,44,48,55,63,74H,16-25,27,29,31-34H2,1-5H3,(H,64,65)(H,67,75)/t42-,44-,48+,55?/m1/s1. The Kier molecular flexibility index (Phi) is 17.4. The number of aliphatic hydroxyl groups is 1. The number of hydrogen-bond acceptors (Lipinski definition) is 14. The van der Waals surface area contributed by atoms with Crippen LogP contribution in [-0.2, 0) is 31.1 Å². The van der Waals surface area contributed by atoms with Crippen molar-refractivity contribution in [3.8, 4) is 21.6 Å². The third kappa shape index (κ3) is 12.6. The van der Waals surface area contributed by atoms with Crippen molar-refractivity contribution < 1.29 is 45.9 Å². The Balaban J connectivity index is 0.709. The summed E-state index contributed by atoms with van der Waals surface area (Å²) in [6.07, 6.45) is 2.94. The number of nitrogens with zero attached hydrogens (tertiary/aromatic N) is 8. The van der Waals surface area contributed by atoms with Gasteiger partial charge in [-0.15, -0.1) is 11.3 Å². The number of amides is 3. The Bertz CT molecular complexity index is 3430. The van der Waals surface area contributed by atoms with Crippen molar-refractivity contribution in [1.29, 1.82) is 0 Å². The average Bonchev–Trinajstić information content (AvgIpc) is 4.12. The molecule has 82 heavy (non-hydrogen) atoms. The van der Waals surface area contributed by atoms with E-state index in [9.17, 15) is 37.1 Å². The lowest BCUT2D eigenvalue weighted by Crippen LogP contribution is -2.59. The molecule has 4 atom stereocenters. The number of ketones is 1. The molecule has 23 heteroatoms. The van der Waals surface area contributed by atoms with E-state index in [-0.39, 0.29) is 57.0 Å². The number of nitrogens with one attached hydrogen (secondary N) is 3. The van der Waals surface area contributed by atoms with Crippen LogP contribution < -0.4 is 19.8 Å². The van der Waals surface area contributed by atoms with Gasteiger partial charge in [-0.25, -0.2) is 23.1 Å². The second-order valence-corrected chi connectivity index (χ2v) is 25.9. The normalized spacial score (nSPS) is 20.1. The van der Waals surface area contributed by atoms with Crippen molar-refractivity contribution in [1.82, 2.24) is 44.6 Å². The minimum atomic E-state index is -4.37. The van der Waals surface area contributed by atoms with E-state index in [0.29, 0.717) is 26.8 Å². The second kappa shape index (κ2) is 24.3. The zero-order chi connectivity index (χ0) is 58.2. The van der Waals surface area contributed by atoms with Gasteiger partial charge >= 0.3 is 10.2 Å². The van der Waals surface area contributed by atoms with E-state index in [4.69, 9.17) is 0 Å². The van der Waals surface area contributed by atoms with Crippen molar-refractivity contribution in [2.75, 3.05) is 88.2 Å². The number of thiazole rings is 1. The van der Waals surface area contributed by atoms with E-state index in [2.05, 4.69) is 40.3 Å². The van der Waals surface area contributed by atoms with Crippen LogP contribution in [0.4, 0.5) is 24.5 Å². The van der Waals surface area contributed by atoms with Crippen LogP contribution in [0.15, 0.2) is 84.6 Å². The maximum Gasteiger partial charge on any atom is 0.304 e. The SMILES string of the molecule is Cc1ncsc1-c1ccc(CN(C(=O)C(NC(=O)CN2CCC(CN3CCN(c4ccc(-c5cnc6[nH]cc(C(=O)c7c(F)ccc(N(C)S(=O)(=O)N8CC[C@@H](F)C8)c7F)c6c5)cc4)CC3)CC2)C(C)(C)C)C(=O)[C@@H]2C[C@@H](O)CN2)cc1. The number of pyridine rings is 1. The Morgan fingerprint density at radius 3 is 2.23 bits per heavy atom. The van der Waals surface area contributed by atoms with Gasteiger partial charge in [0.15, 0.2) is 5.82 Å². The van der Waals surface area contributed by atoms with Gasteiger partial charge in [0.2, 0.25) is 17.6 Å². The van der Waals surface area contributed by atoms with Crippen molar-refractivity contribution in [2.24, 2.45) is 11.3 Å².